The highest BCUT2D eigenvalue weighted by molar-refractivity contribution is 7.99. The Balaban J connectivity index is 2.36. The molecular formula is C12H8Cl2F3N3S. The Morgan fingerprint density at radius 3 is 2.38 bits per heavy atom. The van der Waals surface area contributed by atoms with E-state index in [9.17, 15) is 13.2 Å². The van der Waals surface area contributed by atoms with Gasteiger partial charge in [-0.15, -0.1) is 0 Å². The minimum atomic E-state index is -4.48. The summed E-state index contributed by atoms with van der Waals surface area (Å²) in [5.41, 5.74) is 1.27. The molecule has 0 radical (unpaired) electrons. The lowest BCUT2D eigenvalue weighted by Crippen LogP contribution is -2.12. The molecule has 9 heteroatoms. The minimum absolute atomic E-state index is 0.0765. The third kappa shape index (κ3) is 4.16. The first-order chi connectivity index (χ1) is 9.79. The second-order valence-corrected chi connectivity index (χ2v) is 5.81. The highest BCUT2D eigenvalue weighted by Crippen LogP contribution is 2.36. The van der Waals surface area contributed by atoms with Crippen LogP contribution >= 0.6 is 35.0 Å². The van der Waals surface area contributed by atoms with E-state index in [1.54, 1.807) is 18.2 Å². The van der Waals surface area contributed by atoms with Crippen LogP contribution in [-0.4, -0.2) is 4.98 Å². The SMILES string of the molecule is NNc1cc(C(F)(F)F)cc(Sc2ccc(Cl)c(Cl)c2)n1. The van der Waals surface area contributed by atoms with Crippen molar-refractivity contribution in [3.63, 3.8) is 0 Å². The molecule has 1 aromatic carbocycles. The summed E-state index contributed by atoms with van der Waals surface area (Å²) in [6, 6.07) is 6.51. The van der Waals surface area contributed by atoms with Crippen LogP contribution < -0.4 is 11.3 Å². The molecular weight excluding hydrogens is 346 g/mol. The average Bonchev–Trinajstić information content (AvgIpc) is 2.41. The van der Waals surface area contributed by atoms with Gasteiger partial charge < -0.3 is 5.43 Å². The number of aromatic nitrogens is 1. The number of nitrogen functional groups attached to an aromatic ring is 1. The number of nitrogens with one attached hydrogen (secondary N) is 1. The lowest BCUT2D eigenvalue weighted by molar-refractivity contribution is -0.137. The zero-order chi connectivity index (χ0) is 15.6. The van der Waals surface area contributed by atoms with Gasteiger partial charge in [0, 0.05) is 4.90 Å². The van der Waals surface area contributed by atoms with Crippen molar-refractivity contribution in [2.24, 2.45) is 5.84 Å². The second-order valence-electron chi connectivity index (χ2n) is 3.90. The molecule has 1 heterocycles. The molecule has 3 nitrogen and oxygen atoms in total. The second kappa shape index (κ2) is 6.31. The fourth-order valence-corrected chi connectivity index (χ4v) is 2.70. The molecule has 0 fully saturated rings. The molecule has 21 heavy (non-hydrogen) atoms. The van der Waals surface area contributed by atoms with Gasteiger partial charge >= 0.3 is 6.18 Å². The van der Waals surface area contributed by atoms with E-state index in [4.69, 9.17) is 29.0 Å². The topological polar surface area (TPSA) is 50.9 Å². The number of hydrogen-bond donors (Lipinski definition) is 2. The number of nitrogens with zero attached hydrogens (tertiary/aromatic N) is 1. The van der Waals surface area contributed by atoms with Crippen molar-refractivity contribution in [3.05, 3.63) is 45.9 Å². The third-order valence-corrected chi connectivity index (χ3v) is 4.04. The molecule has 0 unspecified atom stereocenters. The monoisotopic (exact) mass is 353 g/mol. The van der Waals surface area contributed by atoms with Gasteiger partial charge in [-0.05, 0) is 30.3 Å². The summed E-state index contributed by atoms with van der Waals surface area (Å²) in [6.45, 7) is 0. The lowest BCUT2D eigenvalue weighted by atomic mass is 10.2. The largest absolute Gasteiger partial charge is 0.416 e. The van der Waals surface area contributed by atoms with Crippen molar-refractivity contribution in [1.82, 2.24) is 4.98 Å². The molecule has 0 saturated heterocycles. The van der Waals surface area contributed by atoms with Crippen LogP contribution in [0.3, 0.4) is 0 Å². The number of pyridine rings is 1. The Morgan fingerprint density at radius 1 is 1.10 bits per heavy atom. The third-order valence-electron chi connectivity index (χ3n) is 2.39. The van der Waals surface area contributed by atoms with E-state index in [0.29, 0.717) is 14.9 Å². The standard InChI is InChI=1S/C12H8Cl2F3N3S/c13-8-2-1-7(5-9(8)14)21-11-4-6(12(15,16)17)3-10(19-11)20-18/h1-5H,18H2,(H,19,20). The van der Waals surface area contributed by atoms with Crippen LogP contribution in [0.1, 0.15) is 5.56 Å². The number of halogens is 5. The zero-order valence-electron chi connectivity index (χ0n) is 10.2. The predicted molar refractivity (Wildman–Crippen MR) is 77.6 cm³/mol. The fourth-order valence-electron chi connectivity index (χ4n) is 1.46. The van der Waals surface area contributed by atoms with Crippen LogP contribution in [0, 0.1) is 0 Å². The first-order valence-electron chi connectivity index (χ1n) is 5.48. The van der Waals surface area contributed by atoms with Gasteiger partial charge in [-0.3, -0.25) is 0 Å². The summed E-state index contributed by atoms with van der Waals surface area (Å²) in [5.74, 6) is 5.06. The summed E-state index contributed by atoms with van der Waals surface area (Å²) >= 11 is 12.7. The van der Waals surface area contributed by atoms with Gasteiger partial charge in [-0.25, -0.2) is 10.8 Å². The Bertz CT molecular complexity index is 665. The van der Waals surface area contributed by atoms with E-state index in [1.165, 1.54) is 0 Å². The predicted octanol–water partition coefficient (Wildman–Crippen LogP) is 4.84. The molecule has 0 aliphatic carbocycles. The smallest absolute Gasteiger partial charge is 0.308 e. The number of hydrazine groups is 1. The van der Waals surface area contributed by atoms with E-state index in [2.05, 4.69) is 10.4 Å². The van der Waals surface area contributed by atoms with Crippen molar-refractivity contribution in [3.8, 4) is 0 Å². The lowest BCUT2D eigenvalue weighted by Gasteiger charge is -2.11. The van der Waals surface area contributed by atoms with Crippen LogP contribution in [-0.2, 0) is 6.18 Å². The average molecular weight is 354 g/mol. The number of anilines is 1. The molecule has 1 aromatic heterocycles. The number of rotatable bonds is 3. The van der Waals surface area contributed by atoms with Crippen molar-refractivity contribution < 1.29 is 13.2 Å². The molecule has 0 atom stereocenters. The van der Waals surface area contributed by atoms with Gasteiger partial charge in [0.1, 0.15) is 10.8 Å². The maximum absolute atomic E-state index is 12.8. The van der Waals surface area contributed by atoms with Gasteiger partial charge in [0.2, 0.25) is 0 Å². The molecule has 0 bridgehead atoms. The molecule has 3 N–H and O–H groups in total. The maximum atomic E-state index is 12.8. The summed E-state index contributed by atoms with van der Waals surface area (Å²) in [5, 5.41) is 0.810. The van der Waals surface area contributed by atoms with Crippen LogP contribution in [0.5, 0.6) is 0 Å². The van der Waals surface area contributed by atoms with Gasteiger partial charge in [-0.2, -0.15) is 13.2 Å². The summed E-state index contributed by atoms with van der Waals surface area (Å²) < 4.78 is 38.4. The van der Waals surface area contributed by atoms with E-state index in [-0.39, 0.29) is 10.8 Å². The van der Waals surface area contributed by atoms with Crippen LogP contribution in [0.4, 0.5) is 19.0 Å². The van der Waals surface area contributed by atoms with E-state index >= 15 is 0 Å². The molecule has 112 valence electrons. The molecule has 0 spiro atoms. The number of nitrogens with two attached hydrogens (primary N) is 1. The van der Waals surface area contributed by atoms with Crippen molar-refractivity contribution in [1.29, 1.82) is 0 Å². The van der Waals surface area contributed by atoms with Gasteiger partial charge in [0.05, 0.1) is 15.6 Å². The molecule has 0 aliphatic heterocycles. The Hall–Kier alpha value is -1.15. The Labute approximate surface area is 132 Å². The molecule has 0 amide bonds. The maximum Gasteiger partial charge on any atom is 0.416 e. The van der Waals surface area contributed by atoms with Crippen LogP contribution in [0.25, 0.3) is 0 Å². The number of benzene rings is 1. The van der Waals surface area contributed by atoms with Gasteiger partial charge in [0.25, 0.3) is 0 Å². The minimum Gasteiger partial charge on any atom is -0.308 e. The quantitative estimate of drug-likeness (QED) is 0.612. The van der Waals surface area contributed by atoms with E-state index in [0.717, 1.165) is 23.9 Å². The molecule has 0 saturated carbocycles. The molecule has 2 rings (SSSR count). The summed E-state index contributed by atoms with van der Waals surface area (Å²) in [6.07, 6.45) is -4.48. The van der Waals surface area contributed by atoms with E-state index < -0.39 is 11.7 Å². The van der Waals surface area contributed by atoms with Gasteiger partial charge in [-0.1, -0.05) is 35.0 Å². The van der Waals surface area contributed by atoms with Crippen molar-refractivity contribution in [2.75, 3.05) is 5.43 Å². The summed E-state index contributed by atoms with van der Waals surface area (Å²) in [4.78, 5) is 4.57. The molecule has 0 aliphatic rings. The van der Waals surface area contributed by atoms with E-state index in [1.807, 2.05) is 0 Å². The number of alkyl halides is 3. The van der Waals surface area contributed by atoms with Gasteiger partial charge in [0.15, 0.2) is 0 Å². The highest BCUT2D eigenvalue weighted by Gasteiger charge is 2.31. The normalized spacial score (nSPS) is 11.5. The number of hydrogen-bond acceptors (Lipinski definition) is 4. The zero-order valence-corrected chi connectivity index (χ0v) is 12.5. The fraction of sp³-hybridized carbons (Fsp3) is 0.0833. The molecule has 2 aromatic rings. The van der Waals surface area contributed by atoms with Crippen LogP contribution in [0.15, 0.2) is 40.3 Å². The van der Waals surface area contributed by atoms with Crippen molar-refractivity contribution in [2.45, 2.75) is 16.1 Å². The van der Waals surface area contributed by atoms with Crippen molar-refractivity contribution >= 4 is 40.8 Å². The highest BCUT2D eigenvalue weighted by atomic mass is 35.5. The first kappa shape index (κ1) is 16.2. The summed E-state index contributed by atoms with van der Waals surface area (Å²) in [7, 11) is 0. The Morgan fingerprint density at radius 2 is 1.81 bits per heavy atom. The van der Waals surface area contributed by atoms with Crippen LogP contribution in [0.2, 0.25) is 10.0 Å². The Kier molecular flexibility index (Phi) is 4.88. The first-order valence-corrected chi connectivity index (χ1v) is 7.05.